The number of nitro groups is 1. The van der Waals surface area contributed by atoms with Gasteiger partial charge in [-0.25, -0.2) is 45.3 Å². The summed E-state index contributed by atoms with van der Waals surface area (Å²) in [7, 11) is 0. The average Bonchev–Trinajstić information content (AvgIpc) is 4.50. The largest absolute Gasteiger partial charge is 1.00 e. The van der Waals surface area contributed by atoms with Crippen LogP contribution >= 0.6 is 45.3 Å². The van der Waals surface area contributed by atoms with Gasteiger partial charge in [0.1, 0.15) is 10.6 Å². The van der Waals surface area contributed by atoms with Gasteiger partial charge in [0.2, 0.25) is 0 Å². The molecule has 0 fully saturated rings. The van der Waals surface area contributed by atoms with Gasteiger partial charge in [-0.3, -0.25) is 107 Å². The first-order valence-electron chi connectivity index (χ1n) is 23.8. The van der Waals surface area contributed by atoms with Gasteiger partial charge in [-0.2, -0.15) is 18.8 Å². The number of aromatic nitrogens is 4. The van der Waals surface area contributed by atoms with Crippen molar-refractivity contribution < 1.29 is 420 Å². The number of benzene rings is 9. The summed E-state index contributed by atoms with van der Waals surface area (Å²) in [6.07, 6.45) is 0. The number of hydrogen-bond acceptors (Lipinski definition) is 11. The Morgan fingerprint density at radius 3 is 1.18 bits per heavy atom. The van der Waals surface area contributed by atoms with Crippen molar-refractivity contribution in [2.24, 2.45) is 0 Å². The molecule has 20 heteroatoms. The Morgan fingerprint density at radius 1 is 0.393 bits per heavy atom. The molecule has 0 aliphatic rings. The third-order valence-corrected chi connectivity index (χ3v) is 15.9. The minimum Gasteiger partial charge on any atom is -0.454 e. The van der Waals surface area contributed by atoms with Crippen LogP contribution in [-0.4, -0.2) is 24.9 Å². The number of furan rings is 1. The molecule has 0 aliphatic carbocycles. The third kappa shape index (κ3) is 22.3. The summed E-state index contributed by atoms with van der Waals surface area (Å²) in [6.45, 7) is 8.41. The van der Waals surface area contributed by atoms with Crippen LogP contribution in [0.2, 0.25) is 0 Å². The van der Waals surface area contributed by atoms with Gasteiger partial charge in [-0.15, -0.1) is 22.1 Å². The van der Waals surface area contributed by atoms with E-state index in [-0.39, 0.29) is 417 Å². The van der Waals surface area contributed by atoms with Crippen molar-refractivity contribution in [1.29, 1.82) is 0 Å². The number of hydrogen-bond donors (Lipinski definition) is 0. The molecule has 0 amide bonds. The van der Waals surface area contributed by atoms with E-state index in [4.69, 9.17) is 4.42 Å². The zero-order chi connectivity index (χ0) is 52.1. The Balaban J connectivity index is 0.000000285. The predicted octanol–water partition coefficient (Wildman–Crippen LogP) is -6.16. The number of non-ortho nitro benzene ring substituents is 1. The van der Waals surface area contributed by atoms with E-state index >= 15 is 0 Å². The van der Waals surface area contributed by atoms with E-state index in [1.54, 1.807) is 58.3 Å². The molecule has 0 aliphatic heterocycles. The number of thiazole rings is 4. The number of rotatable bonds is 6. The van der Waals surface area contributed by atoms with Gasteiger partial charge in [-0.1, -0.05) is 77.9 Å². The molecule has 0 saturated carbocycles. The summed E-state index contributed by atoms with van der Waals surface area (Å²) in [5, 5.41) is 15.5. The minimum atomic E-state index is -0.413. The van der Waals surface area contributed by atoms with Gasteiger partial charge in [0.25, 0.3) is 5.69 Å². The molecule has 14 rings (SSSR count). The zero-order valence-corrected chi connectivity index (χ0v) is 77.4. The van der Waals surface area contributed by atoms with Crippen molar-refractivity contribution in [3.63, 3.8) is 0 Å². The van der Waals surface area contributed by atoms with Crippen LogP contribution in [0.25, 0.3) is 105 Å². The molecule has 14 aromatic rings. The molecule has 0 bridgehead atoms. The predicted molar refractivity (Wildman–Crippen MR) is 312 cm³/mol. The molecule has 5 aromatic heterocycles. The summed E-state index contributed by atoms with van der Waals surface area (Å²) in [5.74, 6) is 0.816. The monoisotopic (exact) mass is 1360 g/mol. The zero-order valence-electron chi connectivity index (χ0n) is 49.2. The van der Waals surface area contributed by atoms with Crippen LogP contribution in [0.5, 0.6) is 0 Å². The SMILES string of the molecule is Cc1cc(C)c2cc(-c3nc4[c-]cc[c-]c4s3)oc2c1.Cc1cc(C)cc(-c2nc3[c-]cc[c-]c3s2)c1.O=[N+]([O-])c1ccc(-c2nc3[c-]cc[c-]c3s2)cc1.[K+].[K+].[K+].[K+].[K+].[K+].[K+].[K+].[c-]1cc[c-]c2sc(-c3ccc(-c4ccccc4)cc3)nc12. The van der Waals surface area contributed by atoms with E-state index in [0.29, 0.717) is 0 Å². The molecule has 5 heterocycles. The molecule has 0 N–H and O–H groups in total. The fourth-order valence-electron chi connectivity index (χ4n) is 8.34. The fourth-order valence-corrected chi connectivity index (χ4v) is 11.9. The van der Waals surface area contributed by atoms with Crippen molar-refractivity contribution in [3.05, 3.63) is 245 Å². The van der Waals surface area contributed by atoms with Crippen LogP contribution in [0.3, 0.4) is 0 Å². The first-order valence-corrected chi connectivity index (χ1v) is 27.1. The van der Waals surface area contributed by atoms with Gasteiger partial charge < -0.3 is 24.4 Å². The molecule has 0 radical (unpaired) electrons. The first-order chi connectivity index (χ1) is 37.1. The van der Waals surface area contributed by atoms with E-state index in [0.717, 1.165) is 88.8 Å². The van der Waals surface area contributed by atoms with Crippen LogP contribution in [0.15, 0.2) is 168 Å². The van der Waals surface area contributed by atoms with E-state index in [9.17, 15) is 10.1 Å². The second-order valence-corrected chi connectivity index (χ2v) is 21.5. The first kappa shape index (κ1) is 82.8. The number of aryl methyl sites for hydroxylation is 4. The number of nitro benzene ring substituents is 1. The van der Waals surface area contributed by atoms with Crippen LogP contribution in [0.1, 0.15) is 22.3 Å². The van der Waals surface area contributed by atoms with Crippen molar-refractivity contribution in [2.75, 3.05) is 0 Å². The number of fused-ring (bicyclic) bond motifs is 5. The molecular weight excluding hydrogens is 1330 g/mol. The van der Waals surface area contributed by atoms with Crippen molar-refractivity contribution in [2.45, 2.75) is 27.7 Å². The Morgan fingerprint density at radius 2 is 0.750 bits per heavy atom. The van der Waals surface area contributed by atoms with Gasteiger partial charge in [0.15, 0.2) is 5.76 Å². The van der Waals surface area contributed by atoms with Crippen molar-refractivity contribution >= 4 is 103 Å². The van der Waals surface area contributed by atoms with Crippen LogP contribution in [-0.2, 0) is 0 Å². The molecule has 0 atom stereocenters. The second kappa shape index (κ2) is 41.0. The van der Waals surface area contributed by atoms with E-state index in [1.165, 1.54) is 62.4 Å². The molecule has 84 heavy (non-hydrogen) atoms. The van der Waals surface area contributed by atoms with E-state index in [1.807, 2.05) is 42.5 Å². The number of nitrogens with zero attached hydrogens (tertiary/aromatic N) is 5. The maximum Gasteiger partial charge on any atom is 1.00 e. The van der Waals surface area contributed by atoms with Gasteiger partial charge in [0.05, 0.1) is 19.9 Å². The van der Waals surface area contributed by atoms with Crippen LogP contribution < -0.4 is 411 Å². The quantitative estimate of drug-likeness (QED) is 0.0708. The topological polar surface area (TPSA) is 108 Å². The van der Waals surface area contributed by atoms with Gasteiger partial charge in [0, 0.05) is 34.2 Å². The maximum absolute atomic E-state index is 10.6. The Hall–Kier alpha value is 4.57. The molecular formula is C64H39K8N5O3S4. The summed E-state index contributed by atoms with van der Waals surface area (Å²) < 4.78 is 10.0. The smallest absolute Gasteiger partial charge is 0.454 e. The van der Waals surface area contributed by atoms with Crippen molar-refractivity contribution in [1.82, 2.24) is 19.9 Å². The standard InChI is InChI=1S/C19H11NS.C17H11NOS.C15H11NS.C13H6N2O2S.8K/c1-2-6-14(7-3-1)15-10-12-16(13-11-15)19-20-17-8-4-5-9-18(17)21-19;1-10-7-11(2)12-9-15(19-14(12)8-10)17-18-13-5-3-4-6-16(13)20-17;1-10-7-11(2)9-12(8-10)15-16-13-5-3-4-6-14(13)17-15;16-15(17)10-7-5-9(6-8-10)13-14-11-3-1-2-4-12(11)18-13;;;;;;;;/h1-7,10-13H;3-4,7-9H,1-2H3;3-4,7-9H,1-2H3;1-2,5-8H;;;;;;;;/q4*-2;8*+1. The molecule has 370 valence electrons. The molecule has 8 nitrogen and oxygen atoms in total. The van der Waals surface area contributed by atoms with E-state index in [2.05, 4.69) is 181 Å². The van der Waals surface area contributed by atoms with Crippen LogP contribution in [0, 0.1) is 86.3 Å². The third-order valence-electron chi connectivity index (χ3n) is 11.8. The Kier molecular flexibility index (Phi) is 40.4. The Labute approximate surface area is 846 Å². The average molecular weight is 1370 g/mol. The molecule has 0 saturated heterocycles. The molecule has 9 aromatic carbocycles. The Bertz CT molecular complexity index is 4210. The summed E-state index contributed by atoms with van der Waals surface area (Å²) >= 11 is 6.40. The normalized spacial score (nSPS) is 9.95. The van der Waals surface area contributed by atoms with Gasteiger partial charge in [-0.05, 0) is 86.3 Å². The van der Waals surface area contributed by atoms with E-state index < -0.39 is 4.92 Å². The van der Waals surface area contributed by atoms with Gasteiger partial charge >= 0.3 is 411 Å². The molecule has 0 unspecified atom stereocenters. The second-order valence-electron chi connectivity index (χ2n) is 17.5. The summed E-state index contributed by atoms with van der Waals surface area (Å²) in [4.78, 5) is 28.4. The summed E-state index contributed by atoms with van der Waals surface area (Å²) in [6, 6.07) is 77.9. The minimum absolute atomic E-state index is 0. The van der Waals surface area contributed by atoms with Crippen LogP contribution in [0.4, 0.5) is 5.69 Å². The maximum atomic E-state index is 10.6. The molecule has 0 spiro atoms. The fraction of sp³-hybridized carbons (Fsp3) is 0.0625. The van der Waals surface area contributed by atoms with Crippen molar-refractivity contribution in [3.8, 4) is 53.6 Å². The summed E-state index contributed by atoms with van der Waals surface area (Å²) in [5.41, 5.74) is 15.0.